The number of nitrogens with one attached hydrogen (secondary N) is 2. The Morgan fingerprint density at radius 3 is 2.60 bits per heavy atom. The lowest BCUT2D eigenvalue weighted by Gasteiger charge is -2.17. The van der Waals surface area contributed by atoms with Crippen LogP contribution in [-0.2, 0) is 4.74 Å². The molecule has 0 fully saturated rings. The highest BCUT2D eigenvalue weighted by atomic mass is 32.1. The van der Waals surface area contributed by atoms with Crippen LogP contribution >= 0.6 is 11.3 Å². The van der Waals surface area contributed by atoms with E-state index in [9.17, 15) is 19.1 Å². The van der Waals surface area contributed by atoms with Crippen LogP contribution in [0.3, 0.4) is 0 Å². The molecule has 2 amide bonds. The number of methoxy groups -OCH3 is 1. The van der Waals surface area contributed by atoms with E-state index in [0.29, 0.717) is 37.8 Å². The van der Waals surface area contributed by atoms with Gasteiger partial charge in [-0.15, -0.1) is 11.3 Å². The number of aromatic nitrogens is 4. The molecule has 0 aliphatic carbocycles. The van der Waals surface area contributed by atoms with Crippen LogP contribution in [0.4, 0.5) is 14.9 Å². The second-order valence-corrected chi connectivity index (χ2v) is 12.0. The molecule has 0 radical (unpaired) electrons. The van der Waals surface area contributed by atoms with Crippen LogP contribution < -0.4 is 20.1 Å². The number of thiazole rings is 1. The van der Waals surface area contributed by atoms with Gasteiger partial charge in [0.15, 0.2) is 11.6 Å². The molecule has 12 nitrogen and oxygen atoms in total. The predicted octanol–water partition coefficient (Wildman–Crippen LogP) is 5.27. The Kier molecular flexibility index (Phi) is 9.06. The van der Waals surface area contributed by atoms with Gasteiger partial charge in [-0.05, 0) is 57.5 Å². The van der Waals surface area contributed by atoms with Crippen molar-refractivity contribution in [1.82, 2.24) is 25.3 Å². The molecule has 0 aliphatic rings. The minimum atomic E-state index is -1.06. The number of pyridine rings is 1. The molecule has 5 rings (SSSR count). The summed E-state index contributed by atoms with van der Waals surface area (Å²) < 4.78 is 31.9. The number of amides is 2. The van der Waals surface area contributed by atoms with Crippen molar-refractivity contribution in [3.05, 3.63) is 65.9 Å². The van der Waals surface area contributed by atoms with Gasteiger partial charge in [0.25, 0.3) is 5.91 Å². The number of anilines is 1. The molecule has 0 saturated carbocycles. The number of aryl methyl sites for hydroxylation is 1. The quantitative estimate of drug-likeness (QED) is 0.185. The zero-order chi connectivity index (χ0) is 32.3. The van der Waals surface area contributed by atoms with Gasteiger partial charge >= 0.3 is 6.09 Å². The maximum Gasteiger partial charge on any atom is 0.412 e. The average molecular weight is 635 g/mol. The summed E-state index contributed by atoms with van der Waals surface area (Å²) in [6.45, 7) is 6.63. The van der Waals surface area contributed by atoms with E-state index in [1.165, 1.54) is 42.8 Å². The maximum absolute atomic E-state index is 15.0. The van der Waals surface area contributed by atoms with E-state index < -0.39 is 29.5 Å². The minimum absolute atomic E-state index is 0.00478. The first kappa shape index (κ1) is 31.5. The van der Waals surface area contributed by atoms with Crippen molar-refractivity contribution in [3.63, 3.8) is 0 Å². The van der Waals surface area contributed by atoms with Crippen LogP contribution in [0.15, 0.2) is 48.8 Å². The molecule has 3 N–H and O–H groups in total. The van der Waals surface area contributed by atoms with Crippen molar-refractivity contribution in [3.8, 4) is 22.2 Å². The van der Waals surface area contributed by atoms with Crippen molar-refractivity contribution in [2.24, 2.45) is 0 Å². The third kappa shape index (κ3) is 7.77. The van der Waals surface area contributed by atoms with E-state index >= 15 is 0 Å². The Labute approximate surface area is 261 Å². The van der Waals surface area contributed by atoms with Gasteiger partial charge in [-0.3, -0.25) is 10.1 Å². The Bertz CT molecular complexity index is 1880. The molecule has 234 valence electrons. The topological polar surface area (TPSA) is 158 Å². The monoisotopic (exact) mass is 634 g/mol. The first-order valence-corrected chi connectivity index (χ1v) is 14.7. The van der Waals surface area contributed by atoms with E-state index in [2.05, 4.69) is 30.6 Å². The fraction of sp³-hybridized carbons (Fsp3) is 0.290. The number of fused-ring (bicyclic) bond motifs is 2. The summed E-state index contributed by atoms with van der Waals surface area (Å²) in [5.41, 5.74) is 2.88. The Morgan fingerprint density at radius 1 is 1.09 bits per heavy atom. The molecule has 1 atom stereocenters. The number of ether oxygens (including phenoxy) is 3. The van der Waals surface area contributed by atoms with Gasteiger partial charge < -0.3 is 24.6 Å². The first-order valence-electron chi connectivity index (χ1n) is 13.9. The summed E-state index contributed by atoms with van der Waals surface area (Å²) in [7, 11) is 1.53. The summed E-state index contributed by atoms with van der Waals surface area (Å²) in [5.74, 6) is -0.669. The van der Waals surface area contributed by atoms with Crippen LogP contribution in [0.5, 0.6) is 11.6 Å². The van der Waals surface area contributed by atoms with Gasteiger partial charge in [0.1, 0.15) is 23.4 Å². The second-order valence-electron chi connectivity index (χ2n) is 10.9. The lowest BCUT2D eigenvalue weighted by atomic mass is 10.1. The SMILES string of the molecule is COc1cnc2c(-c3nc4cc(F)c(OC[C@@H](C)OC(=O)Nc5ccc(C(=O)NCC(C)(C)O)nc5)cc4s3)cc(C)cc2n1. The third-order valence-corrected chi connectivity index (χ3v) is 7.41. The molecule has 5 aromatic rings. The Hall–Kier alpha value is -4.95. The second kappa shape index (κ2) is 13.0. The van der Waals surface area contributed by atoms with Gasteiger partial charge in [-0.1, -0.05) is 0 Å². The zero-order valence-electron chi connectivity index (χ0n) is 25.2. The number of nitrogens with zero attached hydrogens (tertiary/aromatic N) is 4. The Morgan fingerprint density at radius 2 is 1.89 bits per heavy atom. The van der Waals surface area contributed by atoms with Crippen molar-refractivity contribution in [2.75, 3.05) is 25.6 Å². The molecule has 0 saturated heterocycles. The average Bonchev–Trinajstić information content (AvgIpc) is 3.40. The predicted molar refractivity (Wildman–Crippen MR) is 167 cm³/mol. The molecule has 3 heterocycles. The van der Waals surface area contributed by atoms with Crippen LogP contribution in [-0.4, -0.2) is 69.0 Å². The highest BCUT2D eigenvalue weighted by Crippen LogP contribution is 2.37. The normalized spacial score (nSPS) is 12.2. The van der Waals surface area contributed by atoms with Gasteiger partial charge in [0.2, 0.25) is 5.88 Å². The number of carbonyl (C=O) groups is 2. The fourth-order valence-corrected chi connectivity index (χ4v) is 5.22. The molecule has 0 aliphatic heterocycles. The lowest BCUT2D eigenvalue weighted by Crippen LogP contribution is -2.38. The molecule has 0 bridgehead atoms. The van der Waals surface area contributed by atoms with Crippen LogP contribution in [0.2, 0.25) is 0 Å². The zero-order valence-corrected chi connectivity index (χ0v) is 26.0. The van der Waals surface area contributed by atoms with Gasteiger partial charge in [0.05, 0.1) is 52.0 Å². The Balaban J connectivity index is 1.20. The van der Waals surface area contributed by atoms with Crippen molar-refractivity contribution >= 4 is 50.3 Å². The molecule has 45 heavy (non-hydrogen) atoms. The number of halogens is 1. The molecular formula is C31H31FN6O6S. The maximum atomic E-state index is 15.0. The molecule has 14 heteroatoms. The van der Waals surface area contributed by atoms with E-state index in [-0.39, 0.29) is 24.6 Å². The summed E-state index contributed by atoms with van der Waals surface area (Å²) in [5, 5.41) is 15.5. The van der Waals surface area contributed by atoms with Crippen LogP contribution in [0, 0.1) is 12.7 Å². The number of aliphatic hydroxyl groups is 1. The van der Waals surface area contributed by atoms with Crippen molar-refractivity contribution in [2.45, 2.75) is 39.4 Å². The minimum Gasteiger partial charge on any atom is -0.487 e. The van der Waals surface area contributed by atoms with E-state index in [0.717, 1.165) is 11.1 Å². The number of hydrogen-bond acceptors (Lipinski definition) is 11. The van der Waals surface area contributed by atoms with Gasteiger partial charge in [0, 0.05) is 24.2 Å². The largest absolute Gasteiger partial charge is 0.487 e. The van der Waals surface area contributed by atoms with Crippen LogP contribution in [0.25, 0.3) is 31.8 Å². The highest BCUT2D eigenvalue weighted by molar-refractivity contribution is 7.21. The standard InChI is InChI=1S/C31H31FN6O6S/c1-16-8-19(27-23(9-16)37-26(42-5)13-34-27)29-38-22-10-20(32)24(11-25(22)45-29)43-14-17(2)44-30(40)36-18-6-7-21(33-12-18)28(39)35-15-31(3,4)41/h6-13,17,41H,14-15H2,1-5H3,(H,35,39)(H,36,40)/t17-/m1/s1. The van der Waals surface area contributed by atoms with Gasteiger partial charge in [-0.2, -0.15) is 0 Å². The fourth-order valence-electron chi connectivity index (χ4n) is 4.23. The number of rotatable bonds is 10. The van der Waals surface area contributed by atoms with E-state index in [1.807, 2.05) is 19.1 Å². The highest BCUT2D eigenvalue weighted by Gasteiger charge is 2.18. The number of carbonyl (C=O) groups excluding carboxylic acids is 2. The first-order chi connectivity index (χ1) is 21.4. The summed E-state index contributed by atoms with van der Waals surface area (Å²) in [6, 6.07) is 9.66. The number of benzene rings is 2. The summed E-state index contributed by atoms with van der Waals surface area (Å²) >= 11 is 1.36. The summed E-state index contributed by atoms with van der Waals surface area (Å²) in [4.78, 5) is 42.2. The van der Waals surface area contributed by atoms with E-state index in [4.69, 9.17) is 14.2 Å². The molecular weight excluding hydrogens is 603 g/mol. The van der Waals surface area contributed by atoms with Crippen LogP contribution in [0.1, 0.15) is 36.8 Å². The van der Waals surface area contributed by atoms with Crippen molar-refractivity contribution < 1.29 is 33.3 Å². The molecule has 2 aromatic carbocycles. The van der Waals surface area contributed by atoms with Gasteiger partial charge in [-0.25, -0.2) is 29.1 Å². The number of hydrogen-bond donors (Lipinski definition) is 3. The molecule has 0 spiro atoms. The molecule has 3 aromatic heterocycles. The molecule has 0 unspecified atom stereocenters. The smallest absolute Gasteiger partial charge is 0.412 e. The summed E-state index contributed by atoms with van der Waals surface area (Å²) in [6.07, 6.45) is 1.34. The van der Waals surface area contributed by atoms with Crippen molar-refractivity contribution in [1.29, 1.82) is 0 Å². The van der Waals surface area contributed by atoms with E-state index in [1.54, 1.807) is 33.0 Å². The third-order valence-electron chi connectivity index (χ3n) is 6.36. The lowest BCUT2D eigenvalue weighted by molar-refractivity contribution is 0.0692.